The number of hydrogen-bond donors (Lipinski definition) is 2. The molecule has 268 valence electrons. The number of piperazine rings is 2. The third-order valence-corrected chi connectivity index (χ3v) is 12.5. The first-order valence-corrected chi connectivity index (χ1v) is 18.9. The Hall–Kier alpha value is -2.95. The summed E-state index contributed by atoms with van der Waals surface area (Å²) >= 11 is 6.28. The Labute approximate surface area is 291 Å². The number of amides is 2. The average molecular weight is 723 g/mol. The van der Waals surface area contributed by atoms with Crippen LogP contribution in [0.5, 0.6) is 0 Å². The second-order valence-corrected chi connectivity index (χ2v) is 15.8. The topological polar surface area (TPSA) is 149 Å². The molecule has 4 heterocycles. The smallest absolute Gasteiger partial charge is 0.276 e. The number of hydrogen-bond acceptors (Lipinski definition) is 9. The molecule has 1 aromatic carbocycles. The van der Waals surface area contributed by atoms with E-state index in [1.165, 1.54) is 28.6 Å². The number of sulfonamides is 1. The molecule has 0 bridgehead atoms. The maximum atomic E-state index is 16.0. The first-order chi connectivity index (χ1) is 23.4. The summed E-state index contributed by atoms with van der Waals surface area (Å²) in [5.41, 5.74) is 11.9. The van der Waals surface area contributed by atoms with E-state index in [1.807, 2.05) is 4.90 Å². The van der Waals surface area contributed by atoms with Crippen LogP contribution in [0.2, 0.25) is 5.15 Å². The van der Waals surface area contributed by atoms with Gasteiger partial charge in [0, 0.05) is 108 Å². The fourth-order valence-electron chi connectivity index (χ4n) is 7.50. The molecular formula is C33H45ClF2N8O4S. The fourth-order valence-corrected chi connectivity index (χ4v) is 9.12. The lowest BCUT2D eigenvalue weighted by Crippen LogP contribution is -2.51. The van der Waals surface area contributed by atoms with E-state index in [1.54, 1.807) is 21.9 Å². The Balaban J connectivity index is 1.05. The fraction of sp³-hybridized carbons (Fsp3) is 0.606. The Morgan fingerprint density at radius 1 is 0.959 bits per heavy atom. The summed E-state index contributed by atoms with van der Waals surface area (Å²) in [5, 5.41) is -0.0580. The van der Waals surface area contributed by atoms with E-state index in [2.05, 4.69) is 9.88 Å². The molecule has 1 atom stereocenters. The number of pyridine rings is 1. The van der Waals surface area contributed by atoms with Gasteiger partial charge in [-0.2, -0.15) is 4.31 Å². The van der Waals surface area contributed by atoms with E-state index in [0.717, 1.165) is 19.6 Å². The molecule has 0 radical (unpaired) electrons. The van der Waals surface area contributed by atoms with Gasteiger partial charge in [-0.3, -0.25) is 14.5 Å². The van der Waals surface area contributed by atoms with Crippen molar-refractivity contribution in [2.24, 2.45) is 23.3 Å². The van der Waals surface area contributed by atoms with Gasteiger partial charge in [0.25, 0.3) is 5.92 Å². The zero-order chi connectivity index (χ0) is 34.9. The maximum Gasteiger partial charge on any atom is 0.276 e. The zero-order valence-electron chi connectivity index (χ0n) is 27.5. The molecule has 2 aromatic rings. The van der Waals surface area contributed by atoms with Crippen molar-refractivity contribution in [2.75, 3.05) is 81.8 Å². The van der Waals surface area contributed by atoms with Gasteiger partial charge in [0.15, 0.2) is 0 Å². The standard InChI is InChI=1S/C33H45ClF2N8O4S/c34-29-19-25(33(35,36)24-3-1-23(2-4-24)32(46)42-13-11-40(10-9-37)12-14-42)20-30(39-29)41-15-17-43(18-16-41)49(47,48)28-7-5-27(6-8-28)44-22-26(38)21-31(44)45/h5-8,19-20,23-24,26H,1-4,9-18,21-22,37-38H2/t23-,24-,26-/m1/s1. The summed E-state index contributed by atoms with van der Waals surface area (Å²) in [6, 6.07) is 8.49. The Morgan fingerprint density at radius 3 is 2.20 bits per heavy atom. The number of benzene rings is 1. The van der Waals surface area contributed by atoms with Gasteiger partial charge in [0.2, 0.25) is 21.8 Å². The van der Waals surface area contributed by atoms with E-state index < -0.39 is 21.9 Å². The molecule has 1 saturated carbocycles. The third-order valence-electron chi connectivity index (χ3n) is 10.4. The summed E-state index contributed by atoms with van der Waals surface area (Å²) < 4.78 is 60.2. The van der Waals surface area contributed by atoms with Crippen molar-refractivity contribution < 1.29 is 26.8 Å². The van der Waals surface area contributed by atoms with Gasteiger partial charge < -0.3 is 26.2 Å². The van der Waals surface area contributed by atoms with E-state index in [4.69, 9.17) is 23.1 Å². The van der Waals surface area contributed by atoms with Crippen LogP contribution in [0.15, 0.2) is 41.3 Å². The van der Waals surface area contributed by atoms with Crippen molar-refractivity contribution in [1.29, 1.82) is 0 Å². The molecule has 0 unspecified atom stereocenters. The highest BCUT2D eigenvalue weighted by atomic mass is 35.5. The average Bonchev–Trinajstić information content (AvgIpc) is 3.45. The Morgan fingerprint density at radius 2 is 1.61 bits per heavy atom. The van der Waals surface area contributed by atoms with Crippen molar-refractivity contribution in [3.05, 3.63) is 47.1 Å². The van der Waals surface area contributed by atoms with Crippen LogP contribution in [0, 0.1) is 11.8 Å². The zero-order valence-corrected chi connectivity index (χ0v) is 29.1. The van der Waals surface area contributed by atoms with Gasteiger partial charge in [-0.25, -0.2) is 22.2 Å². The number of alkyl halides is 2. The minimum atomic E-state index is -3.83. The van der Waals surface area contributed by atoms with Gasteiger partial charge in [-0.1, -0.05) is 11.6 Å². The molecule has 49 heavy (non-hydrogen) atoms. The number of nitrogens with two attached hydrogens (primary N) is 2. The number of rotatable bonds is 9. The highest BCUT2D eigenvalue weighted by Gasteiger charge is 2.45. The van der Waals surface area contributed by atoms with Crippen LogP contribution in [0.25, 0.3) is 0 Å². The number of nitrogens with zero attached hydrogens (tertiary/aromatic N) is 6. The molecule has 3 saturated heterocycles. The van der Waals surface area contributed by atoms with Crippen LogP contribution in [0.3, 0.4) is 0 Å². The van der Waals surface area contributed by atoms with Crippen LogP contribution in [-0.2, 0) is 25.5 Å². The number of anilines is 2. The summed E-state index contributed by atoms with van der Waals surface area (Å²) in [6.45, 7) is 5.33. The minimum absolute atomic E-state index is 0.0580. The lowest BCUT2D eigenvalue weighted by molar-refractivity contribution is -0.141. The SMILES string of the molecule is NCCN1CCN(C(=O)[C@H]2CC[C@H](C(F)(F)c3cc(Cl)nc(N4CCN(S(=O)(=O)c5ccc(N6C[C@H](N)CC6=O)cc5)CC4)c3)CC2)CC1. The molecule has 4 fully saturated rings. The van der Waals surface area contributed by atoms with Gasteiger partial charge in [-0.05, 0) is 62.1 Å². The van der Waals surface area contributed by atoms with E-state index in [0.29, 0.717) is 44.7 Å². The lowest BCUT2D eigenvalue weighted by atomic mass is 9.77. The van der Waals surface area contributed by atoms with Crippen LogP contribution in [-0.4, -0.2) is 117 Å². The predicted molar refractivity (Wildman–Crippen MR) is 183 cm³/mol. The number of halogens is 3. The van der Waals surface area contributed by atoms with Gasteiger partial charge >= 0.3 is 0 Å². The van der Waals surface area contributed by atoms with Crippen molar-refractivity contribution in [3.63, 3.8) is 0 Å². The highest BCUT2D eigenvalue weighted by Crippen LogP contribution is 2.46. The summed E-state index contributed by atoms with van der Waals surface area (Å²) in [5.74, 6) is -4.12. The molecule has 0 spiro atoms. The van der Waals surface area contributed by atoms with E-state index in [-0.39, 0.29) is 90.6 Å². The largest absolute Gasteiger partial charge is 0.354 e. The first kappa shape index (κ1) is 35.9. The van der Waals surface area contributed by atoms with Crippen molar-refractivity contribution >= 4 is 44.9 Å². The van der Waals surface area contributed by atoms with Crippen molar-refractivity contribution in [1.82, 2.24) is 19.1 Å². The second kappa shape index (κ2) is 14.7. The predicted octanol–water partition coefficient (Wildman–Crippen LogP) is 2.31. The van der Waals surface area contributed by atoms with Crippen molar-refractivity contribution in [3.8, 4) is 0 Å². The molecule has 1 aliphatic carbocycles. The van der Waals surface area contributed by atoms with E-state index in [9.17, 15) is 18.0 Å². The Kier molecular flexibility index (Phi) is 10.8. The normalized spacial score (nSPS) is 24.9. The van der Waals surface area contributed by atoms with Crippen LogP contribution < -0.4 is 21.3 Å². The lowest BCUT2D eigenvalue weighted by Gasteiger charge is -2.39. The quantitative estimate of drug-likeness (QED) is 0.372. The molecule has 2 amide bonds. The molecule has 1 aromatic heterocycles. The molecule has 4 N–H and O–H groups in total. The monoisotopic (exact) mass is 722 g/mol. The van der Waals surface area contributed by atoms with Crippen LogP contribution in [0.4, 0.5) is 20.3 Å². The molecular weight excluding hydrogens is 678 g/mol. The van der Waals surface area contributed by atoms with Crippen molar-refractivity contribution in [2.45, 2.75) is 49.0 Å². The minimum Gasteiger partial charge on any atom is -0.354 e. The molecule has 4 aliphatic rings. The third kappa shape index (κ3) is 7.71. The van der Waals surface area contributed by atoms with Gasteiger partial charge in [-0.15, -0.1) is 0 Å². The van der Waals surface area contributed by atoms with E-state index >= 15 is 8.78 Å². The first-order valence-electron chi connectivity index (χ1n) is 17.0. The number of aromatic nitrogens is 1. The number of carbonyl (C=O) groups is 2. The van der Waals surface area contributed by atoms with Gasteiger partial charge in [0.05, 0.1) is 4.90 Å². The van der Waals surface area contributed by atoms with Gasteiger partial charge in [0.1, 0.15) is 11.0 Å². The van der Waals surface area contributed by atoms with Crippen LogP contribution >= 0.6 is 11.6 Å². The molecule has 16 heteroatoms. The molecule has 12 nitrogen and oxygen atoms in total. The van der Waals surface area contributed by atoms with Crippen LogP contribution in [0.1, 0.15) is 37.7 Å². The Bertz CT molecular complexity index is 1610. The molecule has 6 rings (SSSR count). The highest BCUT2D eigenvalue weighted by molar-refractivity contribution is 7.89. The maximum absolute atomic E-state index is 16.0. The summed E-state index contributed by atoms with van der Waals surface area (Å²) in [4.78, 5) is 37.2. The summed E-state index contributed by atoms with van der Waals surface area (Å²) in [6.07, 6.45) is 1.54. The molecule has 3 aliphatic heterocycles. The number of carbonyl (C=O) groups excluding carboxylic acids is 2. The second-order valence-electron chi connectivity index (χ2n) is 13.5. The summed E-state index contributed by atoms with van der Waals surface area (Å²) in [7, 11) is -3.83.